The van der Waals surface area contributed by atoms with Crippen LogP contribution in [0.5, 0.6) is 0 Å². The van der Waals surface area contributed by atoms with Gasteiger partial charge in [-0.25, -0.2) is 4.79 Å². The van der Waals surface area contributed by atoms with Crippen LogP contribution in [0.1, 0.15) is 18.2 Å². The van der Waals surface area contributed by atoms with Gasteiger partial charge in [0.1, 0.15) is 0 Å². The molecule has 106 valence electrons. The van der Waals surface area contributed by atoms with Gasteiger partial charge < -0.3 is 14.2 Å². The molecule has 1 aliphatic rings. The Morgan fingerprint density at radius 1 is 1.45 bits per heavy atom. The maximum Gasteiger partial charge on any atom is 0.410 e. The summed E-state index contributed by atoms with van der Waals surface area (Å²) >= 11 is 3.52. The lowest BCUT2D eigenvalue weighted by Crippen LogP contribution is -2.36. The zero-order valence-corrected chi connectivity index (χ0v) is 13.2. The average Bonchev–Trinajstić information content (AvgIpc) is 2.72. The highest BCUT2D eigenvalue weighted by Gasteiger charge is 2.26. The quantitative estimate of drug-likeness (QED) is 0.799. The minimum atomic E-state index is -0.215. The van der Waals surface area contributed by atoms with E-state index in [1.807, 2.05) is 13.0 Å². The Hall–Kier alpha value is -1.49. The molecule has 0 bridgehead atoms. The van der Waals surface area contributed by atoms with Gasteiger partial charge in [0.15, 0.2) is 0 Å². The van der Waals surface area contributed by atoms with Gasteiger partial charge in [-0.05, 0) is 19.1 Å². The van der Waals surface area contributed by atoms with E-state index in [2.05, 4.69) is 39.7 Å². The molecular weight excluding hydrogens is 320 g/mol. The smallest absolute Gasteiger partial charge is 0.410 e. The third kappa shape index (κ3) is 2.10. The van der Waals surface area contributed by atoms with Crippen LogP contribution in [0.2, 0.25) is 0 Å². The molecule has 4 nitrogen and oxygen atoms in total. The Bertz CT molecular complexity index is 678. The number of ether oxygens (including phenoxy) is 1. The van der Waals surface area contributed by atoms with Crippen molar-refractivity contribution in [2.24, 2.45) is 7.05 Å². The van der Waals surface area contributed by atoms with E-state index in [1.165, 1.54) is 22.2 Å². The van der Waals surface area contributed by atoms with Gasteiger partial charge in [0.05, 0.1) is 13.2 Å². The van der Waals surface area contributed by atoms with Gasteiger partial charge in [0.2, 0.25) is 0 Å². The van der Waals surface area contributed by atoms with Crippen LogP contribution in [0.25, 0.3) is 10.9 Å². The molecule has 0 saturated carbocycles. The maximum absolute atomic E-state index is 11.9. The van der Waals surface area contributed by atoms with Gasteiger partial charge >= 0.3 is 6.09 Å². The zero-order valence-electron chi connectivity index (χ0n) is 11.6. The number of hydrogen-bond acceptors (Lipinski definition) is 2. The lowest BCUT2D eigenvalue weighted by molar-refractivity contribution is 0.102. The number of rotatable bonds is 1. The largest absolute Gasteiger partial charge is 0.450 e. The molecule has 1 amide bonds. The number of aryl methyl sites for hydroxylation is 1. The normalized spacial score (nSPS) is 14.4. The molecule has 1 aliphatic heterocycles. The second-order valence-electron chi connectivity index (χ2n) is 5.02. The highest BCUT2D eigenvalue weighted by Crippen LogP contribution is 2.31. The monoisotopic (exact) mass is 336 g/mol. The Kier molecular flexibility index (Phi) is 3.46. The first-order chi connectivity index (χ1) is 9.61. The van der Waals surface area contributed by atoms with Crippen molar-refractivity contribution in [2.75, 3.05) is 13.2 Å². The molecule has 0 radical (unpaired) electrons. The van der Waals surface area contributed by atoms with E-state index >= 15 is 0 Å². The zero-order chi connectivity index (χ0) is 14.3. The second kappa shape index (κ2) is 5.13. The van der Waals surface area contributed by atoms with E-state index in [0.717, 1.165) is 17.4 Å². The van der Waals surface area contributed by atoms with Crippen molar-refractivity contribution >= 4 is 32.9 Å². The number of fused-ring (bicyclic) bond motifs is 3. The van der Waals surface area contributed by atoms with E-state index in [4.69, 9.17) is 4.74 Å². The van der Waals surface area contributed by atoms with Crippen LogP contribution in [0.4, 0.5) is 4.79 Å². The molecule has 3 rings (SSSR count). The van der Waals surface area contributed by atoms with Crippen LogP contribution >= 0.6 is 15.9 Å². The molecule has 0 spiro atoms. The predicted octanol–water partition coefficient (Wildman–Crippen LogP) is 3.46. The topological polar surface area (TPSA) is 34.5 Å². The number of aromatic nitrogens is 1. The third-order valence-corrected chi connectivity index (χ3v) is 4.39. The Labute approximate surface area is 126 Å². The van der Waals surface area contributed by atoms with Crippen LogP contribution in [0, 0.1) is 0 Å². The summed E-state index contributed by atoms with van der Waals surface area (Å²) in [6.45, 7) is 3.61. The van der Waals surface area contributed by atoms with Crippen LogP contribution in [0.15, 0.2) is 22.7 Å². The number of halogens is 1. The van der Waals surface area contributed by atoms with Crippen molar-refractivity contribution in [1.29, 1.82) is 0 Å². The fraction of sp³-hybridized carbons (Fsp3) is 0.400. The second-order valence-corrected chi connectivity index (χ2v) is 5.93. The average molecular weight is 337 g/mol. The molecule has 1 aromatic heterocycles. The van der Waals surface area contributed by atoms with Crippen molar-refractivity contribution in [2.45, 2.75) is 19.9 Å². The first kappa shape index (κ1) is 13.5. The summed E-state index contributed by atoms with van der Waals surface area (Å²) < 4.78 is 8.42. The van der Waals surface area contributed by atoms with E-state index in [0.29, 0.717) is 13.2 Å². The fourth-order valence-electron chi connectivity index (χ4n) is 2.92. The van der Waals surface area contributed by atoms with Gasteiger partial charge in [-0.15, -0.1) is 0 Å². The molecule has 2 heterocycles. The summed E-state index contributed by atoms with van der Waals surface area (Å²) in [5.41, 5.74) is 3.77. The SMILES string of the molecule is CCOC(=O)N1CCc2c(c3ccc(Br)cc3n2C)C1. The predicted molar refractivity (Wildman–Crippen MR) is 81.8 cm³/mol. The van der Waals surface area contributed by atoms with Gasteiger partial charge in [0, 0.05) is 46.6 Å². The number of carbonyl (C=O) groups is 1. The molecule has 2 aromatic rings. The lowest BCUT2D eigenvalue weighted by Gasteiger charge is -2.27. The van der Waals surface area contributed by atoms with Crippen molar-refractivity contribution in [1.82, 2.24) is 9.47 Å². The summed E-state index contributed by atoms with van der Waals surface area (Å²) in [4.78, 5) is 13.7. The number of carbonyl (C=O) groups excluding carboxylic acids is 1. The Balaban J connectivity index is 2.03. The minimum absolute atomic E-state index is 0.215. The molecule has 0 unspecified atom stereocenters. The summed E-state index contributed by atoms with van der Waals surface area (Å²) in [5.74, 6) is 0. The standard InChI is InChI=1S/C15H17BrN2O2/c1-3-20-15(19)18-7-6-13-12(9-18)11-5-4-10(16)8-14(11)17(13)2/h4-5,8H,3,6-7,9H2,1-2H3. The summed E-state index contributed by atoms with van der Waals surface area (Å²) in [6, 6.07) is 6.29. The first-order valence-corrected chi connectivity index (χ1v) is 7.58. The minimum Gasteiger partial charge on any atom is -0.450 e. The Morgan fingerprint density at radius 3 is 3.00 bits per heavy atom. The van der Waals surface area contributed by atoms with Crippen molar-refractivity contribution in [3.63, 3.8) is 0 Å². The highest BCUT2D eigenvalue weighted by molar-refractivity contribution is 9.10. The molecule has 20 heavy (non-hydrogen) atoms. The van der Waals surface area contributed by atoms with Crippen LogP contribution < -0.4 is 0 Å². The van der Waals surface area contributed by atoms with Crippen molar-refractivity contribution < 1.29 is 9.53 Å². The van der Waals surface area contributed by atoms with Gasteiger partial charge in [-0.2, -0.15) is 0 Å². The summed E-state index contributed by atoms with van der Waals surface area (Å²) in [7, 11) is 2.09. The molecule has 0 aliphatic carbocycles. The molecule has 0 fully saturated rings. The summed E-state index contributed by atoms with van der Waals surface area (Å²) in [6.07, 6.45) is 0.656. The number of hydrogen-bond donors (Lipinski definition) is 0. The lowest BCUT2D eigenvalue weighted by atomic mass is 10.1. The van der Waals surface area contributed by atoms with Crippen LogP contribution in [-0.2, 0) is 24.8 Å². The molecule has 1 aromatic carbocycles. The third-order valence-electron chi connectivity index (χ3n) is 3.89. The highest BCUT2D eigenvalue weighted by atomic mass is 79.9. The number of benzene rings is 1. The van der Waals surface area contributed by atoms with Gasteiger partial charge in [0.25, 0.3) is 0 Å². The molecule has 0 saturated heterocycles. The summed E-state index contributed by atoms with van der Waals surface area (Å²) in [5, 5.41) is 1.22. The Morgan fingerprint density at radius 2 is 2.25 bits per heavy atom. The van der Waals surface area contributed by atoms with Gasteiger partial charge in [-0.1, -0.05) is 22.0 Å². The fourth-order valence-corrected chi connectivity index (χ4v) is 3.27. The maximum atomic E-state index is 11.9. The molecule has 0 N–H and O–H groups in total. The van der Waals surface area contributed by atoms with Crippen LogP contribution in [0.3, 0.4) is 0 Å². The van der Waals surface area contributed by atoms with E-state index < -0.39 is 0 Å². The number of nitrogens with zero attached hydrogens (tertiary/aromatic N) is 2. The van der Waals surface area contributed by atoms with Crippen LogP contribution in [-0.4, -0.2) is 28.7 Å². The molecular formula is C15H17BrN2O2. The van der Waals surface area contributed by atoms with E-state index in [-0.39, 0.29) is 6.09 Å². The van der Waals surface area contributed by atoms with E-state index in [9.17, 15) is 4.79 Å². The first-order valence-electron chi connectivity index (χ1n) is 6.79. The number of amides is 1. The molecule has 5 heteroatoms. The van der Waals surface area contributed by atoms with Crippen molar-refractivity contribution in [3.05, 3.63) is 33.9 Å². The molecule has 0 atom stereocenters. The van der Waals surface area contributed by atoms with Crippen molar-refractivity contribution in [3.8, 4) is 0 Å². The van der Waals surface area contributed by atoms with Gasteiger partial charge in [-0.3, -0.25) is 0 Å². The van der Waals surface area contributed by atoms with E-state index in [1.54, 1.807) is 4.90 Å².